The van der Waals surface area contributed by atoms with Crippen LogP contribution in [0.15, 0.2) is 66.9 Å². The van der Waals surface area contributed by atoms with Crippen molar-refractivity contribution in [1.29, 1.82) is 0 Å². The molecule has 1 aliphatic rings. The summed E-state index contributed by atoms with van der Waals surface area (Å²) in [5.41, 5.74) is 3.95. The summed E-state index contributed by atoms with van der Waals surface area (Å²) in [4.78, 5) is 12.1. The molecule has 2 aromatic carbocycles. The maximum atomic E-state index is 9.76. The van der Waals surface area contributed by atoms with Gasteiger partial charge in [-0.15, -0.1) is 0 Å². The summed E-state index contributed by atoms with van der Waals surface area (Å²) in [6.45, 7) is 3.58. The lowest BCUT2D eigenvalue weighted by molar-refractivity contribution is 0.213. The molecule has 1 saturated heterocycles. The van der Waals surface area contributed by atoms with Gasteiger partial charge in [-0.05, 0) is 25.7 Å². The first-order chi connectivity index (χ1) is 13.2. The molecular formula is C23H24N3O. The molecule has 0 amide bonds. The van der Waals surface area contributed by atoms with Gasteiger partial charge in [0.25, 0.3) is 0 Å². The minimum Gasteiger partial charge on any atom is -0.387 e. The average molecular weight is 358 g/mol. The van der Waals surface area contributed by atoms with Crippen LogP contribution in [0.5, 0.6) is 0 Å². The first-order valence-corrected chi connectivity index (χ1v) is 9.47. The summed E-state index contributed by atoms with van der Waals surface area (Å²) in [6.07, 6.45) is 4.33. The average Bonchev–Trinajstić information content (AvgIpc) is 2.74. The lowest BCUT2D eigenvalue weighted by atomic mass is 9.92. The first-order valence-electron chi connectivity index (χ1n) is 9.47. The smallest absolute Gasteiger partial charge is 0.147 e. The van der Waals surface area contributed by atoms with Crippen LogP contribution >= 0.6 is 0 Å². The Hall–Kier alpha value is -2.72. The molecule has 0 saturated carbocycles. The Morgan fingerprint density at radius 3 is 2.00 bits per heavy atom. The second-order valence-electron chi connectivity index (χ2n) is 7.06. The summed E-state index contributed by atoms with van der Waals surface area (Å²) in [5.74, 6) is 1.20. The molecule has 0 unspecified atom stereocenters. The van der Waals surface area contributed by atoms with Gasteiger partial charge in [0, 0.05) is 24.2 Å². The van der Waals surface area contributed by atoms with E-state index in [1.54, 1.807) is 0 Å². The number of aromatic nitrogens is 2. The lowest BCUT2D eigenvalue weighted by Crippen LogP contribution is -2.35. The Kier molecular flexibility index (Phi) is 5.16. The molecule has 2 heterocycles. The zero-order valence-electron chi connectivity index (χ0n) is 15.5. The van der Waals surface area contributed by atoms with E-state index in [4.69, 9.17) is 9.97 Å². The minimum atomic E-state index is 0.298. The molecule has 4 nitrogen and oxygen atoms in total. The number of hydrogen-bond acceptors (Lipinski definition) is 4. The predicted molar refractivity (Wildman–Crippen MR) is 109 cm³/mol. The van der Waals surface area contributed by atoms with Gasteiger partial charge >= 0.3 is 0 Å². The van der Waals surface area contributed by atoms with Gasteiger partial charge in [-0.25, -0.2) is 4.98 Å². The van der Waals surface area contributed by atoms with Gasteiger partial charge < -0.3 is 10.0 Å². The van der Waals surface area contributed by atoms with Gasteiger partial charge in [0.05, 0.1) is 23.7 Å². The van der Waals surface area contributed by atoms with Crippen LogP contribution in [0.4, 0.5) is 5.82 Å². The largest absolute Gasteiger partial charge is 0.387 e. The van der Waals surface area contributed by atoms with Crippen molar-refractivity contribution in [3.63, 3.8) is 0 Å². The standard InChI is InChI=1S/C23H24N3O/c1-17(27)18-12-14-26(15-13-18)21-16-24-22(19-8-4-2-5-9-19)23(25-21)20-10-6-3-7-11-20/h2-11,16,18,27H,12-15H2,1H3. The van der Waals surface area contributed by atoms with E-state index in [0.717, 1.165) is 54.3 Å². The molecule has 1 aliphatic heterocycles. The highest BCUT2D eigenvalue weighted by molar-refractivity contribution is 5.78. The molecule has 0 atom stereocenters. The van der Waals surface area contributed by atoms with Crippen LogP contribution in [0, 0.1) is 12.0 Å². The van der Waals surface area contributed by atoms with E-state index in [1.165, 1.54) is 0 Å². The summed E-state index contributed by atoms with van der Waals surface area (Å²) in [5, 5.41) is 9.76. The molecule has 3 aromatic rings. The van der Waals surface area contributed by atoms with Gasteiger partial charge in [-0.2, -0.15) is 0 Å². The molecular weight excluding hydrogens is 334 g/mol. The number of benzene rings is 2. The third-order valence-corrected chi connectivity index (χ3v) is 5.26. The van der Waals surface area contributed by atoms with E-state index in [9.17, 15) is 5.11 Å². The van der Waals surface area contributed by atoms with E-state index in [1.807, 2.05) is 49.5 Å². The highest BCUT2D eigenvalue weighted by atomic mass is 16.3. The monoisotopic (exact) mass is 358 g/mol. The van der Waals surface area contributed by atoms with Gasteiger partial charge in [0.15, 0.2) is 0 Å². The van der Waals surface area contributed by atoms with Crippen molar-refractivity contribution in [3.05, 3.63) is 73.0 Å². The maximum absolute atomic E-state index is 9.76. The van der Waals surface area contributed by atoms with Crippen LogP contribution in [0.25, 0.3) is 22.5 Å². The number of piperidine rings is 1. The number of nitrogens with zero attached hydrogens (tertiary/aromatic N) is 3. The molecule has 1 aromatic heterocycles. The molecule has 0 aliphatic carbocycles. The normalized spacial score (nSPS) is 15.3. The second-order valence-corrected chi connectivity index (χ2v) is 7.06. The maximum Gasteiger partial charge on any atom is 0.147 e. The topological polar surface area (TPSA) is 49.2 Å². The van der Waals surface area contributed by atoms with E-state index in [2.05, 4.69) is 29.2 Å². The van der Waals surface area contributed by atoms with E-state index in [-0.39, 0.29) is 0 Å². The van der Waals surface area contributed by atoms with Crippen molar-refractivity contribution in [1.82, 2.24) is 9.97 Å². The first kappa shape index (κ1) is 17.7. The summed E-state index contributed by atoms with van der Waals surface area (Å²) >= 11 is 0. The second kappa shape index (κ2) is 7.89. The van der Waals surface area contributed by atoms with Crippen LogP contribution in [0.1, 0.15) is 19.8 Å². The van der Waals surface area contributed by atoms with E-state index < -0.39 is 0 Å². The van der Waals surface area contributed by atoms with Crippen molar-refractivity contribution in [2.24, 2.45) is 5.92 Å². The van der Waals surface area contributed by atoms with Gasteiger partial charge in [0.2, 0.25) is 0 Å². The van der Waals surface area contributed by atoms with Crippen LogP contribution in [-0.2, 0) is 0 Å². The Labute approximate surface area is 160 Å². The van der Waals surface area contributed by atoms with Crippen molar-refractivity contribution < 1.29 is 5.11 Å². The molecule has 1 fully saturated rings. The summed E-state index contributed by atoms with van der Waals surface area (Å²) < 4.78 is 0. The van der Waals surface area contributed by atoms with Gasteiger partial charge in [0.1, 0.15) is 5.82 Å². The minimum absolute atomic E-state index is 0.298. The fourth-order valence-electron chi connectivity index (χ4n) is 3.66. The van der Waals surface area contributed by atoms with Crippen molar-refractivity contribution in [2.45, 2.75) is 19.8 Å². The molecule has 1 N–H and O–H groups in total. The van der Waals surface area contributed by atoms with Crippen LogP contribution in [0.3, 0.4) is 0 Å². The number of anilines is 1. The zero-order valence-corrected chi connectivity index (χ0v) is 15.5. The number of aliphatic hydroxyl groups excluding tert-OH is 1. The molecule has 0 spiro atoms. The van der Waals surface area contributed by atoms with Crippen molar-refractivity contribution >= 4 is 5.82 Å². The fourth-order valence-corrected chi connectivity index (χ4v) is 3.66. The van der Waals surface area contributed by atoms with Gasteiger partial charge in [-0.3, -0.25) is 4.98 Å². The molecule has 1 radical (unpaired) electrons. The Morgan fingerprint density at radius 2 is 1.44 bits per heavy atom. The van der Waals surface area contributed by atoms with Crippen LogP contribution in [-0.4, -0.2) is 28.2 Å². The summed E-state index contributed by atoms with van der Waals surface area (Å²) in [6, 6.07) is 20.4. The fraction of sp³-hybridized carbons (Fsp3) is 0.261. The Balaban J connectivity index is 1.70. The van der Waals surface area contributed by atoms with Gasteiger partial charge in [-0.1, -0.05) is 60.7 Å². The van der Waals surface area contributed by atoms with Crippen molar-refractivity contribution in [3.8, 4) is 22.5 Å². The van der Waals surface area contributed by atoms with E-state index >= 15 is 0 Å². The SMILES string of the molecule is C[C](O)C1CCN(c2cnc(-c3ccccc3)c(-c3ccccc3)n2)CC1. The number of aliphatic hydroxyl groups is 1. The quantitative estimate of drug-likeness (QED) is 0.717. The number of rotatable bonds is 4. The molecule has 27 heavy (non-hydrogen) atoms. The Morgan fingerprint density at radius 1 is 0.889 bits per heavy atom. The highest BCUT2D eigenvalue weighted by Crippen LogP contribution is 2.32. The molecule has 0 bridgehead atoms. The molecule has 137 valence electrons. The zero-order chi connectivity index (χ0) is 18.6. The summed E-state index contributed by atoms with van der Waals surface area (Å²) in [7, 11) is 0. The molecule has 4 rings (SSSR count). The van der Waals surface area contributed by atoms with E-state index in [0.29, 0.717) is 12.0 Å². The highest BCUT2D eigenvalue weighted by Gasteiger charge is 2.25. The lowest BCUT2D eigenvalue weighted by Gasteiger charge is -2.33. The number of hydrogen-bond donors (Lipinski definition) is 1. The van der Waals surface area contributed by atoms with Crippen LogP contribution in [0.2, 0.25) is 0 Å². The van der Waals surface area contributed by atoms with Crippen molar-refractivity contribution in [2.75, 3.05) is 18.0 Å². The van der Waals surface area contributed by atoms with Crippen LogP contribution < -0.4 is 4.90 Å². The Bertz CT molecular complexity index is 873. The third-order valence-electron chi connectivity index (χ3n) is 5.26. The predicted octanol–water partition coefficient (Wildman–Crippen LogP) is 4.95. The molecule has 4 heteroatoms. The third kappa shape index (κ3) is 3.86.